The van der Waals surface area contributed by atoms with Crippen LogP contribution in [0.3, 0.4) is 0 Å². The lowest BCUT2D eigenvalue weighted by molar-refractivity contribution is -0.0509. The van der Waals surface area contributed by atoms with Gasteiger partial charge in [-0.15, -0.1) is 0 Å². The fourth-order valence-electron chi connectivity index (χ4n) is 3.09. The molecule has 2 aromatic heterocycles. The van der Waals surface area contributed by atoms with Crippen LogP contribution in [0.1, 0.15) is 28.6 Å². The molecule has 10 heteroatoms. The van der Waals surface area contributed by atoms with Crippen LogP contribution in [0, 0.1) is 6.92 Å². The molecular formula is C18H18ClN5O4. The molecule has 0 saturated carbocycles. The first kappa shape index (κ1) is 18.6. The number of aliphatic hydroxyl groups excluding tert-OH is 1. The number of ether oxygens (including phenoxy) is 2. The normalized spacial score (nSPS) is 21.9. The number of aryl methyl sites for hydroxylation is 1. The number of nitrogens with two attached hydrogens (primary N) is 1. The third kappa shape index (κ3) is 3.51. The predicted molar refractivity (Wildman–Crippen MR) is 101 cm³/mol. The number of halogens is 1. The number of nitrogens with zero attached hydrogens (tertiary/aromatic N) is 4. The van der Waals surface area contributed by atoms with Gasteiger partial charge in [0.2, 0.25) is 5.28 Å². The summed E-state index contributed by atoms with van der Waals surface area (Å²) in [5, 5.41) is 10.3. The van der Waals surface area contributed by atoms with E-state index in [9.17, 15) is 9.90 Å². The van der Waals surface area contributed by atoms with Gasteiger partial charge in [0.25, 0.3) is 0 Å². The van der Waals surface area contributed by atoms with Crippen LogP contribution in [0.15, 0.2) is 30.6 Å². The minimum Gasteiger partial charge on any atom is -0.459 e. The zero-order valence-corrected chi connectivity index (χ0v) is 15.7. The highest BCUT2D eigenvalue weighted by Gasteiger charge is 2.37. The lowest BCUT2D eigenvalue weighted by atomic mass is 10.1. The molecule has 1 aliphatic rings. The van der Waals surface area contributed by atoms with Crippen LogP contribution in [0.2, 0.25) is 5.28 Å². The van der Waals surface area contributed by atoms with Crippen LogP contribution >= 0.6 is 11.6 Å². The van der Waals surface area contributed by atoms with Crippen LogP contribution in [-0.4, -0.2) is 49.4 Å². The van der Waals surface area contributed by atoms with E-state index in [1.165, 1.54) is 6.33 Å². The molecule has 3 atom stereocenters. The molecule has 9 nitrogen and oxygen atoms in total. The summed E-state index contributed by atoms with van der Waals surface area (Å²) in [5.74, 6) is -0.310. The maximum absolute atomic E-state index is 12.2. The molecular weight excluding hydrogens is 386 g/mol. The smallest absolute Gasteiger partial charge is 0.338 e. The van der Waals surface area contributed by atoms with Crippen molar-refractivity contribution in [2.75, 3.05) is 12.3 Å². The number of carbonyl (C=O) groups excluding carboxylic acids is 1. The lowest BCUT2D eigenvalue weighted by Crippen LogP contribution is -2.28. The van der Waals surface area contributed by atoms with E-state index in [-0.39, 0.29) is 24.1 Å². The van der Waals surface area contributed by atoms with Crippen LogP contribution in [0.25, 0.3) is 11.2 Å². The molecule has 1 saturated heterocycles. The Bertz CT molecular complexity index is 1020. The molecule has 0 unspecified atom stereocenters. The molecule has 3 heterocycles. The minimum absolute atomic E-state index is 0.00567. The lowest BCUT2D eigenvalue weighted by Gasteiger charge is -2.16. The van der Waals surface area contributed by atoms with Gasteiger partial charge in [-0.05, 0) is 30.7 Å². The van der Waals surface area contributed by atoms with Crippen molar-refractivity contribution in [2.45, 2.75) is 31.8 Å². The number of hydrogen-bond donors (Lipinski definition) is 2. The van der Waals surface area contributed by atoms with Gasteiger partial charge in [0, 0.05) is 6.42 Å². The van der Waals surface area contributed by atoms with Gasteiger partial charge in [-0.25, -0.2) is 9.78 Å². The quantitative estimate of drug-likeness (QED) is 0.499. The molecule has 0 radical (unpaired) electrons. The van der Waals surface area contributed by atoms with Gasteiger partial charge in [-0.1, -0.05) is 17.7 Å². The number of aromatic nitrogens is 4. The molecule has 0 bridgehead atoms. The maximum Gasteiger partial charge on any atom is 0.338 e. The summed E-state index contributed by atoms with van der Waals surface area (Å²) in [6.07, 6.45) is -0.257. The highest BCUT2D eigenvalue weighted by Crippen LogP contribution is 2.32. The highest BCUT2D eigenvalue weighted by molar-refractivity contribution is 6.28. The summed E-state index contributed by atoms with van der Waals surface area (Å²) in [6, 6.07) is 7.04. The Hall–Kier alpha value is -2.75. The molecule has 1 aromatic carbocycles. The second-order valence-corrected chi connectivity index (χ2v) is 6.94. The zero-order chi connectivity index (χ0) is 19.8. The third-order valence-electron chi connectivity index (χ3n) is 4.60. The standard InChI is InChI=1S/C18H18ClN5O4/c1-9-2-4-10(5-3-9)17(26)27-7-12-11(25)6-13(28-12)24-8-21-14-15(20)22-18(19)23-16(14)24/h2-5,8,11-13,25H,6-7H2,1H3,(H2,20,22,23)/t11-,12+,13+/m0/s1. The van der Waals surface area contributed by atoms with Crippen molar-refractivity contribution in [3.05, 3.63) is 47.0 Å². The topological polar surface area (TPSA) is 125 Å². The number of imidazole rings is 1. The number of carbonyl (C=O) groups is 1. The van der Waals surface area contributed by atoms with E-state index in [1.54, 1.807) is 16.7 Å². The maximum atomic E-state index is 12.2. The number of aliphatic hydroxyl groups is 1. The fraction of sp³-hybridized carbons (Fsp3) is 0.333. The molecule has 3 N–H and O–H groups in total. The van der Waals surface area contributed by atoms with Crippen LogP contribution in [0.4, 0.5) is 5.82 Å². The number of anilines is 1. The molecule has 0 spiro atoms. The van der Waals surface area contributed by atoms with Crippen molar-refractivity contribution < 1.29 is 19.4 Å². The van der Waals surface area contributed by atoms with Gasteiger partial charge in [0.1, 0.15) is 24.5 Å². The van der Waals surface area contributed by atoms with E-state index in [0.29, 0.717) is 16.7 Å². The predicted octanol–water partition coefficient (Wildman–Crippen LogP) is 1.88. The molecule has 3 aromatic rings. The summed E-state index contributed by atoms with van der Waals surface area (Å²) in [5.41, 5.74) is 8.11. The summed E-state index contributed by atoms with van der Waals surface area (Å²) in [4.78, 5) is 24.3. The Morgan fingerprint density at radius 1 is 1.39 bits per heavy atom. The van der Waals surface area contributed by atoms with E-state index in [4.69, 9.17) is 26.8 Å². The van der Waals surface area contributed by atoms with E-state index >= 15 is 0 Å². The van der Waals surface area contributed by atoms with Gasteiger partial charge in [-0.2, -0.15) is 9.97 Å². The van der Waals surface area contributed by atoms with Crippen LogP contribution < -0.4 is 5.73 Å². The molecule has 4 rings (SSSR count). The molecule has 0 aliphatic carbocycles. The number of fused-ring (bicyclic) bond motifs is 1. The monoisotopic (exact) mass is 403 g/mol. The average molecular weight is 404 g/mol. The summed E-state index contributed by atoms with van der Waals surface area (Å²) in [7, 11) is 0. The van der Waals surface area contributed by atoms with Gasteiger partial charge in [0.05, 0.1) is 18.0 Å². The third-order valence-corrected chi connectivity index (χ3v) is 4.77. The number of benzene rings is 1. The van der Waals surface area contributed by atoms with E-state index in [1.807, 2.05) is 19.1 Å². The van der Waals surface area contributed by atoms with Crippen molar-refractivity contribution in [3.63, 3.8) is 0 Å². The molecule has 1 aliphatic heterocycles. The first-order chi connectivity index (χ1) is 13.4. The van der Waals surface area contributed by atoms with Crippen molar-refractivity contribution >= 4 is 34.6 Å². The van der Waals surface area contributed by atoms with Crippen molar-refractivity contribution in [2.24, 2.45) is 0 Å². The number of esters is 1. The van der Waals surface area contributed by atoms with Crippen LogP contribution in [0.5, 0.6) is 0 Å². The number of rotatable bonds is 4. The average Bonchev–Trinajstić information content (AvgIpc) is 3.23. The van der Waals surface area contributed by atoms with E-state index < -0.39 is 24.4 Å². The summed E-state index contributed by atoms with van der Waals surface area (Å²) < 4.78 is 12.8. The Balaban J connectivity index is 1.45. The molecule has 146 valence electrons. The SMILES string of the molecule is Cc1ccc(C(=O)OC[C@H]2O[C@@H](n3cnc4c(N)nc(Cl)nc43)C[C@@H]2O)cc1. The van der Waals surface area contributed by atoms with Gasteiger partial charge < -0.3 is 20.3 Å². The molecule has 0 amide bonds. The molecule has 1 fully saturated rings. The van der Waals surface area contributed by atoms with Crippen molar-refractivity contribution in [3.8, 4) is 0 Å². The fourth-order valence-corrected chi connectivity index (χ4v) is 3.26. The Morgan fingerprint density at radius 3 is 2.89 bits per heavy atom. The van der Waals surface area contributed by atoms with Gasteiger partial charge in [-0.3, -0.25) is 4.57 Å². The highest BCUT2D eigenvalue weighted by atomic mass is 35.5. The summed E-state index contributed by atoms with van der Waals surface area (Å²) >= 11 is 5.88. The Labute approximate surface area is 165 Å². The number of hydrogen-bond acceptors (Lipinski definition) is 8. The first-order valence-corrected chi connectivity index (χ1v) is 9.03. The zero-order valence-electron chi connectivity index (χ0n) is 14.9. The van der Waals surface area contributed by atoms with Crippen molar-refractivity contribution in [1.29, 1.82) is 0 Å². The van der Waals surface area contributed by atoms with Gasteiger partial charge >= 0.3 is 5.97 Å². The van der Waals surface area contributed by atoms with Crippen molar-refractivity contribution in [1.82, 2.24) is 19.5 Å². The second-order valence-electron chi connectivity index (χ2n) is 6.60. The Kier molecular flexibility index (Phi) is 4.88. The summed E-state index contributed by atoms with van der Waals surface area (Å²) in [6.45, 7) is 1.86. The van der Waals surface area contributed by atoms with Crippen LogP contribution in [-0.2, 0) is 9.47 Å². The first-order valence-electron chi connectivity index (χ1n) is 8.65. The van der Waals surface area contributed by atoms with E-state index in [0.717, 1.165) is 5.56 Å². The second kappa shape index (κ2) is 7.34. The van der Waals surface area contributed by atoms with E-state index in [2.05, 4.69) is 15.0 Å². The minimum atomic E-state index is -0.817. The largest absolute Gasteiger partial charge is 0.459 e. The van der Waals surface area contributed by atoms with Gasteiger partial charge in [0.15, 0.2) is 11.5 Å². The number of nitrogen functional groups attached to an aromatic ring is 1. The molecule has 28 heavy (non-hydrogen) atoms. The Morgan fingerprint density at radius 2 is 2.14 bits per heavy atom.